The fourth-order valence-corrected chi connectivity index (χ4v) is 3.49. The van der Waals surface area contributed by atoms with Crippen molar-refractivity contribution in [2.24, 2.45) is 0 Å². The van der Waals surface area contributed by atoms with E-state index >= 15 is 0 Å². The molecular weight excluding hydrogens is 314 g/mol. The molecule has 1 saturated heterocycles. The first-order valence-corrected chi connectivity index (χ1v) is 9.01. The van der Waals surface area contributed by atoms with Crippen LogP contribution in [0, 0.1) is 13.8 Å². The average Bonchev–Trinajstić information content (AvgIpc) is 2.98. The van der Waals surface area contributed by atoms with Crippen LogP contribution >= 0.6 is 0 Å². The number of hydrogen-bond donors (Lipinski definition) is 0. The van der Waals surface area contributed by atoms with Gasteiger partial charge in [0, 0.05) is 18.8 Å². The van der Waals surface area contributed by atoms with Crippen molar-refractivity contribution in [1.29, 1.82) is 0 Å². The number of aryl methyl sites for hydroxylation is 2. The van der Waals surface area contributed by atoms with Gasteiger partial charge in [0.25, 0.3) is 5.91 Å². The number of carbonyl (C=O) groups is 1. The second-order valence-electron chi connectivity index (χ2n) is 6.89. The number of nitrogens with zero attached hydrogens (tertiary/aromatic N) is 3. The number of amides is 1. The number of rotatable bonds is 5. The first kappa shape index (κ1) is 17.7. The fraction of sp³-hybridized carbons (Fsp3) is 0.500. The van der Waals surface area contributed by atoms with E-state index in [0.717, 1.165) is 36.3 Å². The maximum Gasteiger partial charge on any atom is 0.251 e. The number of hydrogen-bond acceptors (Lipinski definition) is 3. The molecule has 0 radical (unpaired) electrons. The Morgan fingerprint density at radius 3 is 2.76 bits per heavy atom. The summed E-state index contributed by atoms with van der Waals surface area (Å²) in [7, 11) is 0. The van der Waals surface area contributed by atoms with Crippen molar-refractivity contribution < 1.29 is 9.53 Å². The molecule has 0 unspecified atom stereocenters. The second-order valence-corrected chi connectivity index (χ2v) is 6.89. The molecule has 0 saturated carbocycles. The molecule has 1 aliphatic heterocycles. The van der Waals surface area contributed by atoms with E-state index in [4.69, 9.17) is 4.74 Å². The van der Waals surface area contributed by atoms with Crippen LogP contribution in [0.15, 0.2) is 36.4 Å². The van der Waals surface area contributed by atoms with E-state index in [1.165, 1.54) is 0 Å². The number of ether oxygens (including phenoxy) is 1. The van der Waals surface area contributed by atoms with E-state index in [-0.39, 0.29) is 11.9 Å². The van der Waals surface area contributed by atoms with Crippen molar-refractivity contribution in [1.82, 2.24) is 14.7 Å². The van der Waals surface area contributed by atoms with Crippen LogP contribution in [0.1, 0.15) is 42.8 Å². The van der Waals surface area contributed by atoms with Crippen LogP contribution in [-0.2, 0) is 16.1 Å². The van der Waals surface area contributed by atoms with Gasteiger partial charge in [0.15, 0.2) is 0 Å². The predicted molar refractivity (Wildman–Crippen MR) is 97.2 cm³/mol. The molecule has 0 bridgehead atoms. The summed E-state index contributed by atoms with van der Waals surface area (Å²) in [6, 6.07) is 12.3. The van der Waals surface area contributed by atoms with Crippen LogP contribution in [-0.4, -0.2) is 39.8 Å². The molecule has 2 atom stereocenters. The molecule has 1 amide bonds. The molecule has 5 heteroatoms. The highest BCUT2D eigenvalue weighted by molar-refractivity contribution is 5.80. The van der Waals surface area contributed by atoms with Gasteiger partial charge in [-0.05, 0) is 45.2 Å². The van der Waals surface area contributed by atoms with Gasteiger partial charge in [-0.2, -0.15) is 5.10 Å². The standard InChI is InChI=1S/C20H27N3O2/c1-15-12-16(2)23(21-15)19-10-7-11-22(13-19)20(24)17(3)25-14-18-8-5-4-6-9-18/h4-6,8-9,12,17,19H,7,10-11,13-14H2,1-3H3/t17-,19-/m1/s1. The Kier molecular flexibility index (Phi) is 5.53. The Labute approximate surface area is 149 Å². The van der Waals surface area contributed by atoms with Crippen LogP contribution < -0.4 is 0 Å². The van der Waals surface area contributed by atoms with E-state index in [1.54, 1.807) is 0 Å². The summed E-state index contributed by atoms with van der Waals surface area (Å²) in [5.41, 5.74) is 3.27. The molecule has 25 heavy (non-hydrogen) atoms. The lowest BCUT2D eigenvalue weighted by Crippen LogP contribution is -2.45. The highest BCUT2D eigenvalue weighted by Gasteiger charge is 2.29. The third-order valence-corrected chi connectivity index (χ3v) is 4.79. The van der Waals surface area contributed by atoms with Gasteiger partial charge in [-0.15, -0.1) is 0 Å². The molecule has 1 fully saturated rings. The number of benzene rings is 1. The van der Waals surface area contributed by atoms with E-state index < -0.39 is 6.10 Å². The molecule has 1 aromatic heterocycles. The first-order valence-electron chi connectivity index (χ1n) is 9.01. The van der Waals surface area contributed by atoms with Crippen molar-refractivity contribution in [3.8, 4) is 0 Å². The summed E-state index contributed by atoms with van der Waals surface area (Å²) < 4.78 is 7.87. The molecule has 1 aromatic carbocycles. The SMILES string of the molecule is Cc1cc(C)n([C@@H]2CCCN(C(=O)[C@@H](C)OCc3ccccc3)C2)n1. The largest absolute Gasteiger partial charge is 0.364 e. The van der Waals surface area contributed by atoms with Crippen molar-refractivity contribution in [2.75, 3.05) is 13.1 Å². The zero-order valence-electron chi connectivity index (χ0n) is 15.3. The summed E-state index contributed by atoms with van der Waals surface area (Å²) in [5.74, 6) is 0.0714. The minimum Gasteiger partial charge on any atom is -0.364 e. The van der Waals surface area contributed by atoms with E-state index in [9.17, 15) is 4.79 Å². The van der Waals surface area contributed by atoms with Crippen LogP contribution in [0.4, 0.5) is 0 Å². The number of aromatic nitrogens is 2. The maximum atomic E-state index is 12.8. The monoisotopic (exact) mass is 341 g/mol. The fourth-order valence-electron chi connectivity index (χ4n) is 3.49. The lowest BCUT2D eigenvalue weighted by atomic mass is 10.0. The van der Waals surface area contributed by atoms with Crippen LogP contribution in [0.2, 0.25) is 0 Å². The summed E-state index contributed by atoms with van der Waals surface area (Å²) in [4.78, 5) is 14.7. The van der Waals surface area contributed by atoms with Gasteiger partial charge in [0.2, 0.25) is 0 Å². The van der Waals surface area contributed by atoms with Crippen LogP contribution in [0.25, 0.3) is 0 Å². The Bertz CT molecular complexity index is 711. The zero-order chi connectivity index (χ0) is 17.8. The minimum atomic E-state index is -0.431. The van der Waals surface area contributed by atoms with Gasteiger partial charge >= 0.3 is 0 Å². The lowest BCUT2D eigenvalue weighted by Gasteiger charge is -2.34. The zero-order valence-corrected chi connectivity index (χ0v) is 15.3. The summed E-state index contributed by atoms with van der Waals surface area (Å²) in [6.07, 6.45) is 1.63. The Morgan fingerprint density at radius 2 is 2.08 bits per heavy atom. The molecular formula is C20H27N3O2. The Balaban J connectivity index is 1.58. The molecule has 1 aliphatic rings. The van der Waals surface area contributed by atoms with Crippen LogP contribution in [0.3, 0.4) is 0 Å². The number of likely N-dealkylation sites (tertiary alicyclic amines) is 1. The van der Waals surface area contributed by atoms with E-state index in [1.807, 2.05) is 49.1 Å². The summed E-state index contributed by atoms with van der Waals surface area (Å²) in [6.45, 7) is 7.90. The molecule has 3 rings (SSSR count). The van der Waals surface area contributed by atoms with Gasteiger partial charge in [-0.3, -0.25) is 9.48 Å². The van der Waals surface area contributed by atoms with E-state index in [2.05, 4.69) is 22.8 Å². The smallest absolute Gasteiger partial charge is 0.251 e. The molecule has 5 nitrogen and oxygen atoms in total. The van der Waals surface area contributed by atoms with Gasteiger partial charge in [-0.1, -0.05) is 30.3 Å². The molecule has 0 spiro atoms. The Hall–Kier alpha value is -2.14. The molecule has 2 heterocycles. The third-order valence-electron chi connectivity index (χ3n) is 4.79. The summed E-state index contributed by atoms with van der Waals surface area (Å²) in [5, 5.41) is 4.60. The van der Waals surface area contributed by atoms with Crippen molar-refractivity contribution in [3.05, 3.63) is 53.3 Å². The molecule has 0 N–H and O–H groups in total. The average molecular weight is 341 g/mol. The van der Waals surface area contributed by atoms with Crippen molar-refractivity contribution in [2.45, 2.75) is 52.4 Å². The van der Waals surface area contributed by atoms with E-state index in [0.29, 0.717) is 13.2 Å². The predicted octanol–water partition coefficient (Wildman–Crippen LogP) is 3.27. The summed E-state index contributed by atoms with van der Waals surface area (Å²) >= 11 is 0. The molecule has 0 aliphatic carbocycles. The second kappa shape index (κ2) is 7.83. The lowest BCUT2D eigenvalue weighted by molar-refractivity contribution is -0.145. The number of piperidine rings is 1. The highest BCUT2D eigenvalue weighted by atomic mass is 16.5. The molecule has 134 valence electrons. The maximum absolute atomic E-state index is 12.8. The minimum absolute atomic E-state index is 0.0714. The van der Waals surface area contributed by atoms with Gasteiger partial charge in [0.05, 0.1) is 18.3 Å². The first-order chi connectivity index (χ1) is 12.0. The topological polar surface area (TPSA) is 47.4 Å². The van der Waals surface area contributed by atoms with Gasteiger partial charge < -0.3 is 9.64 Å². The molecule has 2 aromatic rings. The quantitative estimate of drug-likeness (QED) is 0.838. The third kappa shape index (κ3) is 4.28. The Morgan fingerprint density at radius 1 is 1.32 bits per heavy atom. The van der Waals surface area contributed by atoms with Crippen LogP contribution in [0.5, 0.6) is 0 Å². The van der Waals surface area contributed by atoms with Gasteiger partial charge in [-0.25, -0.2) is 0 Å². The number of carbonyl (C=O) groups excluding carboxylic acids is 1. The normalized spacial score (nSPS) is 19.0. The van der Waals surface area contributed by atoms with Crippen molar-refractivity contribution >= 4 is 5.91 Å². The highest BCUT2D eigenvalue weighted by Crippen LogP contribution is 2.23. The van der Waals surface area contributed by atoms with Gasteiger partial charge in [0.1, 0.15) is 6.10 Å². The van der Waals surface area contributed by atoms with Crippen molar-refractivity contribution in [3.63, 3.8) is 0 Å².